The molecule has 4 heteroatoms. The van der Waals surface area contributed by atoms with Gasteiger partial charge in [0.1, 0.15) is 0 Å². The second kappa shape index (κ2) is 2.30. The first kappa shape index (κ1) is 5.81. The molecule has 0 aliphatic carbocycles. The van der Waals surface area contributed by atoms with E-state index in [-0.39, 0.29) is 0 Å². The van der Waals surface area contributed by atoms with Crippen LogP contribution in [0.5, 0.6) is 0 Å². The maximum Gasteiger partial charge on any atom is 0.370 e. The van der Waals surface area contributed by atoms with Crippen molar-refractivity contribution < 1.29 is 9.53 Å². The Bertz CT molecular complexity index is 183. The van der Waals surface area contributed by atoms with E-state index in [1.807, 2.05) is 0 Å². The molecule has 0 N–H and O–H groups in total. The van der Waals surface area contributed by atoms with Gasteiger partial charge in [-0.05, 0) is 0 Å². The highest BCUT2D eigenvalue weighted by Crippen LogP contribution is 1.91. The Morgan fingerprint density at radius 1 is 1.67 bits per heavy atom. The van der Waals surface area contributed by atoms with Crippen LogP contribution in [0.15, 0.2) is 17.3 Å². The number of carbonyl (C=O) groups is 1. The molecule has 1 radical (unpaired) electrons. The standard InChI is InChI=1S/C5H5N2O2/c1-9-4-2-3-6-5(8)7-4/h2-3H,1H3. The molecule has 0 aromatic carbocycles. The summed E-state index contributed by atoms with van der Waals surface area (Å²) in [6, 6.07) is -0.519. The largest absolute Gasteiger partial charge is 0.481 e. The lowest BCUT2D eigenvalue weighted by atomic mass is 10.5. The topological polar surface area (TPSA) is 52.8 Å². The zero-order valence-corrected chi connectivity index (χ0v) is 4.87. The first-order valence-electron chi connectivity index (χ1n) is 2.37. The van der Waals surface area contributed by atoms with Crippen LogP contribution in [0.2, 0.25) is 0 Å². The first-order valence-corrected chi connectivity index (χ1v) is 2.37. The minimum atomic E-state index is -0.519. The number of rotatable bonds is 0. The number of ether oxygens (including phenoxy) is 1. The van der Waals surface area contributed by atoms with Gasteiger partial charge in [-0.1, -0.05) is 0 Å². The minimum absolute atomic E-state index is 0.301. The SMILES string of the molecule is COC1=NC(=O)[N]C=C1. The summed E-state index contributed by atoms with van der Waals surface area (Å²) in [5.74, 6) is 0.301. The lowest BCUT2D eigenvalue weighted by Gasteiger charge is -2.00. The van der Waals surface area contributed by atoms with Gasteiger partial charge in [-0.2, -0.15) is 10.3 Å². The van der Waals surface area contributed by atoms with Crippen molar-refractivity contribution in [2.24, 2.45) is 4.99 Å². The number of amides is 2. The normalized spacial score (nSPS) is 16.6. The Labute approximate surface area is 52.2 Å². The van der Waals surface area contributed by atoms with Gasteiger partial charge in [-0.25, -0.2) is 4.79 Å². The highest BCUT2D eigenvalue weighted by Gasteiger charge is 2.04. The Kier molecular flexibility index (Phi) is 1.48. The summed E-state index contributed by atoms with van der Waals surface area (Å²) in [5.41, 5.74) is 0. The fourth-order valence-electron chi connectivity index (χ4n) is 0.439. The van der Waals surface area contributed by atoms with Crippen LogP contribution in [0.1, 0.15) is 0 Å². The zero-order valence-electron chi connectivity index (χ0n) is 4.87. The molecule has 2 amide bonds. The summed E-state index contributed by atoms with van der Waals surface area (Å²) in [4.78, 5) is 13.7. The van der Waals surface area contributed by atoms with E-state index in [0.717, 1.165) is 0 Å². The van der Waals surface area contributed by atoms with Crippen LogP contribution in [0.3, 0.4) is 0 Å². The molecule has 0 unspecified atom stereocenters. The Hall–Kier alpha value is -1.32. The number of aliphatic imine (C=N–C) groups is 1. The number of nitrogens with zero attached hydrogens (tertiary/aromatic N) is 2. The molecule has 47 valence electrons. The van der Waals surface area contributed by atoms with Gasteiger partial charge in [0.2, 0.25) is 5.90 Å². The smallest absolute Gasteiger partial charge is 0.370 e. The Balaban J connectivity index is 2.70. The van der Waals surface area contributed by atoms with Gasteiger partial charge in [0.15, 0.2) is 0 Å². The lowest BCUT2D eigenvalue weighted by Crippen LogP contribution is -2.13. The molecule has 4 nitrogen and oxygen atoms in total. The van der Waals surface area contributed by atoms with Crippen LogP contribution in [0, 0.1) is 0 Å². The van der Waals surface area contributed by atoms with Crippen molar-refractivity contribution in [3.05, 3.63) is 12.3 Å². The van der Waals surface area contributed by atoms with E-state index >= 15 is 0 Å². The van der Waals surface area contributed by atoms with Crippen LogP contribution < -0.4 is 5.32 Å². The molecular weight excluding hydrogens is 120 g/mol. The van der Waals surface area contributed by atoms with Gasteiger partial charge in [-0.15, -0.1) is 0 Å². The quantitative estimate of drug-likeness (QED) is 0.467. The average molecular weight is 125 g/mol. The molecule has 0 aromatic heterocycles. The number of hydrogen-bond donors (Lipinski definition) is 0. The van der Waals surface area contributed by atoms with E-state index in [4.69, 9.17) is 0 Å². The third-order valence-electron chi connectivity index (χ3n) is 0.817. The summed E-state index contributed by atoms with van der Waals surface area (Å²) in [5, 5.41) is 3.34. The van der Waals surface area contributed by atoms with Crippen LogP contribution in [0.25, 0.3) is 0 Å². The maximum absolute atomic E-state index is 10.3. The van der Waals surface area contributed by atoms with Gasteiger partial charge in [-0.3, -0.25) is 0 Å². The Morgan fingerprint density at radius 3 is 2.89 bits per heavy atom. The van der Waals surface area contributed by atoms with Crippen molar-refractivity contribution in [2.45, 2.75) is 0 Å². The van der Waals surface area contributed by atoms with E-state index in [1.54, 1.807) is 0 Å². The summed E-state index contributed by atoms with van der Waals surface area (Å²) in [6.07, 6.45) is 2.87. The molecule has 0 saturated carbocycles. The maximum atomic E-state index is 10.3. The number of hydrogen-bond acceptors (Lipinski definition) is 2. The van der Waals surface area contributed by atoms with Crippen molar-refractivity contribution in [1.82, 2.24) is 5.32 Å². The fourth-order valence-corrected chi connectivity index (χ4v) is 0.439. The molecule has 0 fully saturated rings. The summed E-state index contributed by atoms with van der Waals surface area (Å²) < 4.78 is 4.64. The number of urea groups is 1. The van der Waals surface area contributed by atoms with Gasteiger partial charge < -0.3 is 4.74 Å². The monoisotopic (exact) mass is 125 g/mol. The van der Waals surface area contributed by atoms with E-state index in [2.05, 4.69) is 15.0 Å². The van der Waals surface area contributed by atoms with E-state index in [9.17, 15) is 4.79 Å². The highest BCUT2D eigenvalue weighted by atomic mass is 16.5. The molecule has 1 heterocycles. The van der Waals surface area contributed by atoms with Crippen molar-refractivity contribution in [3.63, 3.8) is 0 Å². The van der Waals surface area contributed by atoms with Crippen LogP contribution in [0.4, 0.5) is 4.79 Å². The van der Waals surface area contributed by atoms with Gasteiger partial charge >= 0.3 is 6.03 Å². The molecule has 1 rings (SSSR count). The van der Waals surface area contributed by atoms with Crippen LogP contribution in [-0.4, -0.2) is 19.0 Å². The number of carbonyl (C=O) groups excluding carboxylic acids is 1. The van der Waals surface area contributed by atoms with Crippen LogP contribution >= 0.6 is 0 Å². The van der Waals surface area contributed by atoms with Gasteiger partial charge in [0.05, 0.1) is 7.11 Å². The molecule has 0 saturated heterocycles. The molecule has 0 atom stereocenters. The molecule has 9 heavy (non-hydrogen) atoms. The van der Waals surface area contributed by atoms with Crippen molar-refractivity contribution in [2.75, 3.05) is 7.11 Å². The second-order valence-electron chi connectivity index (χ2n) is 1.38. The molecule has 0 aromatic rings. The highest BCUT2D eigenvalue weighted by molar-refractivity contribution is 5.99. The Morgan fingerprint density at radius 2 is 2.44 bits per heavy atom. The van der Waals surface area contributed by atoms with Crippen molar-refractivity contribution in [1.29, 1.82) is 0 Å². The van der Waals surface area contributed by atoms with E-state index in [0.29, 0.717) is 5.90 Å². The first-order chi connectivity index (χ1) is 4.33. The summed E-state index contributed by atoms with van der Waals surface area (Å²) in [6.45, 7) is 0. The molecule has 1 aliphatic heterocycles. The van der Waals surface area contributed by atoms with Crippen molar-refractivity contribution in [3.8, 4) is 0 Å². The predicted octanol–water partition coefficient (Wildman–Crippen LogP) is 0.283. The second-order valence-corrected chi connectivity index (χ2v) is 1.38. The predicted molar refractivity (Wildman–Crippen MR) is 31.1 cm³/mol. The van der Waals surface area contributed by atoms with Crippen LogP contribution in [-0.2, 0) is 4.74 Å². The van der Waals surface area contributed by atoms with Gasteiger partial charge in [0, 0.05) is 12.3 Å². The minimum Gasteiger partial charge on any atom is -0.481 e. The molecule has 1 aliphatic rings. The molecule has 0 bridgehead atoms. The summed E-state index contributed by atoms with van der Waals surface area (Å²) in [7, 11) is 1.45. The lowest BCUT2D eigenvalue weighted by molar-refractivity contribution is 0.250. The zero-order chi connectivity index (χ0) is 6.69. The summed E-state index contributed by atoms with van der Waals surface area (Å²) >= 11 is 0. The average Bonchev–Trinajstić information content (AvgIpc) is 1.88. The van der Waals surface area contributed by atoms with E-state index in [1.165, 1.54) is 19.4 Å². The third kappa shape index (κ3) is 1.28. The third-order valence-corrected chi connectivity index (χ3v) is 0.817. The molecule has 0 spiro atoms. The molecular formula is C5H5N2O2. The van der Waals surface area contributed by atoms with E-state index < -0.39 is 6.03 Å². The van der Waals surface area contributed by atoms with Crippen molar-refractivity contribution >= 4 is 11.9 Å². The number of methoxy groups -OCH3 is 1. The fraction of sp³-hybridized carbons (Fsp3) is 0.200. The van der Waals surface area contributed by atoms with Gasteiger partial charge in [0.25, 0.3) is 0 Å².